The fourth-order valence-electron chi connectivity index (χ4n) is 7.79. The van der Waals surface area contributed by atoms with E-state index in [2.05, 4.69) is 43.2 Å². The lowest BCUT2D eigenvalue weighted by Gasteiger charge is -2.38. The molecule has 2 saturated heterocycles. The molecule has 1 saturated carbocycles. The molecule has 0 unspecified atom stereocenters. The van der Waals surface area contributed by atoms with Crippen molar-refractivity contribution in [2.24, 2.45) is 23.7 Å². The first-order valence-electron chi connectivity index (χ1n) is 16.1. The lowest BCUT2D eigenvalue weighted by atomic mass is 9.73. The fourth-order valence-corrected chi connectivity index (χ4v) is 7.97. The zero-order valence-corrected chi connectivity index (χ0v) is 26.5. The van der Waals surface area contributed by atoms with Gasteiger partial charge >= 0.3 is 0 Å². The van der Waals surface area contributed by atoms with Gasteiger partial charge in [0, 0.05) is 18.3 Å². The Morgan fingerprint density at radius 1 is 1.14 bits per heavy atom. The van der Waals surface area contributed by atoms with E-state index < -0.39 is 41.3 Å². The summed E-state index contributed by atoms with van der Waals surface area (Å²) in [5, 5.41) is 6.01. The SMILES string of the molecule is CCCN(CCC)CCCN1C(=O)[C@H]2[C@H](C(=O)Nc3ccc(F)c(Cl)c3)[C@H]3C=C[C@@]2(O3)[C@@H]1C(=O)N[C@@H]1CCC[C@H](C)[C@@H]1C. The Kier molecular flexibility index (Phi) is 9.83. The van der Waals surface area contributed by atoms with Crippen LogP contribution in [0.15, 0.2) is 30.4 Å². The smallest absolute Gasteiger partial charge is 0.246 e. The van der Waals surface area contributed by atoms with E-state index in [1.54, 1.807) is 4.90 Å². The fraction of sp³-hybridized carbons (Fsp3) is 0.667. The Balaban J connectivity index is 1.40. The summed E-state index contributed by atoms with van der Waals surface area (Å²) in [6.45, 7) is 11.9. The third-order valence-electron chi connectivity index (χ3n) is 10.1. The zero-order chi connectivity index (χ0) is 30.9. The lowest BCUT2D eigenvalue weighted by Crippen LogP contribution is -2.58. The van der Waals surface area contributed by atoms with Crippen LogP contribution in [-0.2, 0) is 19.1 Å². The van der Waals surface area contributed by atoms with Crippen molar-refractivity contribution in [2.75, 3.05) is 31.5 Å². The highest BCUT2D eigenvalue weighted by Crippen LogP contribution is 2.55. The van der Waals surface area contributed by atoms with Gasteiger partial charge in [0.15, 0.2) is 0 Å². The molecule has 3 aliphatic heterocycles. The van der Waals surface area contributed by atoms with Crippen LogP contribution in [0, 0.1) is 29.5 Å². The van der Waals surface area contributed by atoms with Gasteiger partial charge in [-0.2, -0.15) is 0 Å². The first kappa shape index (κ1) is 31.9. The molecule has 1 spiro atoms. The van der Waals surface area contributed by atoms with E-state index >= 15 is 0 Å². The zero-order valence-electron chi connectivity index (χ0n) is 25.8. The quantitative estimate of drug-likeness (QED) is 0.322. The number of nitrogens with zero attached hydrogens (tertiary/aromatic N) is 2. The first-order chi connectivity index (χ1) is 20.6. The van der Waals surface area contributed by atoms with Gasteiger partial charge in [0.2, 0.25) is 17.7 Å². The van der Waals surface area contributed by atoms with Crippen molar-refractivity contribution in [3.05, 3.63) is 41.2 Å². The summed E-state index contributed by atoms with van der Waals surface area (Å²) in [6.07, 6.45) is 8.93. The van der Waals surface area contributed by atoms with E-state index in [9.17, 15) is 18.8 Å². The predicted molar refractivity (Wildman–Crippen MR) is 165 cm³/mol. The van der Waals surface area contributed by atoms with Gasteiger partial charge in [-0.1, -0.05) is 64.3 Å². The van der Waals surface area contributed by atoms with Crippen LogP contribution in [0.5, 0.6) is 0 Å². The van der Waals surface area contributed by atoms with Crippen molar-refractivity contribution in [3.63, 3.8) is 0 Å². The molecular weight excluding hydrogens is 571 g/mol. The molecule has 0 radical (unpaired) electrons. The van der Waals surface area contributed by atoms with E-state index in [4.69, 9.17) is 16.3 Å². The number of rotatable bonds is 12. The maximum absolute atomic E-state index is 14.3. The minimum atomic E-state index is -1.22. The Labute approximate surface area is 259 Å². The minimum Gasteiger partial charge on any atom is -0.359 e. The van der Waals surface area contributed by atoms with E-state index in [0.29, 0.717) is 30.5 Å². The number of amides is 3. The van der Waals surface area contributed by atoms with E-state index in [1.165, 1.54) is 18.2 Å². The highest BCUT2D eigenvalue weighted by molar-refractivity contribution is 6.31. The number of ether oxygens (including phenoxy) is 1. The van der Waals surface area contributed by atoms with Gasteiger partial charge in [0.25, 0.3) is 0 Å². The van der Waals surface area contributed by atoms with Gasteiger partial charge in [0.1, 0.15) is 17.5 Å². The van der Waals surface area contributed by atoms with Crippen molar-refractivity contribution in [3.8, 4) is 0 Å². The molecule has 2 bridgehead atoms. The molecule has 43 heavy (non-hydrogen) atoms. The number of hydrogen-bond acceptors (Lipinski definition) is 5. The van der Waals surface area contributed by atoms with Crippen LogP contribution in [0.2, 0.25) is 5.02 Å². The molecule has 1 aliphatic carbocycles. The van der Waals surface area contributed by atoms with E-state index in [0.717, 1.165) is 51.7 Å². The second-order valence-corrected chi connectivity index (χ2v) is 13.3. The third kappa shape index (κ3) is 6.09. The Morgan fingerprint density at radius 3 is 2.58 bits per heavy atom. The molecule has 3 amide bonds. The summed E-state index contributed by atoms with van der Waals surface area (Å²) < 4.78 is 20.2. The van der Waals surface area contributed by atoms with Crippen LogP contribution in [0.3, 0.4) is 0 Å². The van der Waals surface area contributed by atoms with E-state index in [1.807, 2.05) is 12.2 Å². The summed E-state index contributed by atoms with van der Waals surface area (Å²) in [5.74, 6) is -2.27. The van der Waals surface area contributed by atoms with Crippen molar-refractivity contribution in [1.29, 1.82) is 0 Å². The Morgan fingerprint density at radius 2 is 1.88 bits per heavy atom. The normalized spacial score (nSPS) is 32.9. The van der Waals surface area contributed by atoms with Crippen LogP contribution >= 0.6 is 11.6 Å². The van der Waals surface area contributed by atoms with Gasteiger partial charge in [-0.05, 0) is 75.4 Å². The van der Waals surface area contributed by atoms with Gasteiger partial charge < -0.3 is 25.2 Å². The second kappa shape index (κ2) is 13.2. The number of carbonyl (C=O) groups is 3. The monoisotopic (exact) mass is 616 g/mol. The van der Waals surface area contributed by atoms with Gasteiger partial charge in [-0.25, -0.2) is 4.39 Å². The Bertz CT molecular complexity index is 1240. The Hall–Kier alpha value is -2.49. The summed E-state index contributed by atoms with van der Waals surface area (Å²) in [7, 11) is 0. The largest absolute Gasteiger partial charge is 0.359 e. The molecule has 236 valence electrons. The van der Waals surface area contributed by atoms with Crippen LogP contribution in [0.25, 0.3) is 0 Å². The number of nitrogens with one attached hydrogen (secondary N) is 2. The molecule has 8 nitrogen and oxygen atoms in total. The molecule has 2 N–H and O–H groups in total. The van der Waals surface area contributed by atoms with Gasteiger partial charge in [0.05, 0.1) is 23.0 Å². The lowest BCUT2D eigenvalue weighted by molar-refractivity contribution is -0.141. The minimum absolute atomic E-state index is 0.0261. The second-order valence-electron chi connectivity index (χ2n) is 12.9. The highest BCUT2D eigenvalue weighted by atomic mass is 35.5. The molecule has 10 heteroatoms. The summed E-state index contributed by atoms with van der Waals surface area (Å²) in [6, 6.07) is 3.13. The number of hydrogen-bond donors (Lipinski definition) is 2. The molecule has 8 atom stereocenters. The van der Waals surface area contributed by atoms with Crippen LogP contribution < -0.4 is 10.6 Å². The van der Waals surface area contributed by atoms with Crippen molar-refractivity contribution < 1.29 is 23.5 Å². The molecule has 3 fully saturated rings. The highest BCUT2D eigenvalue weighted by Gasteiger charge is 2.72. The van der Waals surface area contributed by atoms with Crippen LogP contribution in [-0.4, -0.2) is 77.5 Å². The summed E-state index contributed by atoms with van der Waals surface area (Å²) in [4.78, 5) is 46.2. The molecule has 0 aromatic heterocycles. The molecule has 3 heterocycles. The number of benzene rings is 1. The summed E-state index contributed by atoms with van der Waals surface area (Å²) in [5.41, 5.74) is -0.884. The average Bonchev–Trinajstić information content (AvgIpc) is 3.61. The number of fused-ring (bicyclic) bond motifs is 1. The van der Waals surface area contributed by atoms with E-state index in [-0.39, 0.29) is 22.9 Å². The van der Waals surface area contributed by atoms with Crippen molar-refractivity contribution in [2.45, 2.75) is 90.0 Å². The van der Waals surface area contributed by atoms with Gasteiger partial charge in [-0.3, -0.25) is 14.4 Å². The summed E-state index contributed by atoms with van der Waals surface area (Å²) >= 11 is 5.94. The standard InChI is InChI=1S/C33H46ClFN4O4/c1-5-15-38(16-6-2)17-8-18-39-29(31(41)37-25-10-7-9-20(3)21(25)4)33-14-13-26(43-33)27(28(33)32(39)42)30(40)36-22-11-12-24(35)23(34)19-22/h11-14,19-21,25-29H,5-10,15-18H2,1-4H3,(H,36,40)(H,37,41)/t20-,21-,25+,26+,27+,28+,29-,33-/m0/s1. The predicted octanol–water partition coefficient (Wildman–Crippen LogP) is 5.02. The van der Waals surface area contributed by atoms with Crippen molar-refractivity contribution >= 4 is 35.0 Å². The molecule has 5 rings (SSSR count). The van der Waals surface area contributed by atoms with Crippen LogP contribution in [0.4, 0.5) is 10.1 Å². The number of anilines is 1. The van der Waals surface area contributed by atoms with Crippen molar-refractivity contribution in [1.82, 2.24) is 15.1 Å². The van der Waals surface area contributed by atoms with Gasteiger partial charge in [-0.15, -0.1) is 0 Å². The molecule has 4 aliphatic rings. The number of carbonyl (C=O) groups excluding carboxylic acids is 3. The van der Waals surface area contributed by atoms with Crippen LogP contribution in [0.1, 0.15) is 66.2 Å². The first-order valence-corrected chi connectivity index (χ1v) is 16.4. The third-order valence-corrected chi connectivity index (χ3v) is 10.4. The topological polar surface area (TPSA) is 91.0 Å². The molecule has 1 aromatic rings. The maximum Gasteiger partial charge on any atom is 0.246 e. The maximum atomic E-state index is 14.3. The molecule has 1 aromatic carbocycles. The number of halogens is 2. The average molecular weight is 617 g/mol. The molecular formula is C33H46ClFN4O4. The number of likely N-dealkylation sites (tertiary alicyclic amines) is 1.